The topological polar surface area (TPSA) is 53.2 Å². The van der Waals surface area contributed by atoms with Gasteiger partial charge in [0, 0.05) is 13.2 Å². The average Bonchev–Trinajstić information content (AvgIpc) is 3.09. The number of rotatable bonds is 4. The van der Waals surface area contributed by atoms with Crippen molar-refractivity contribution in [2.45, 2.75) is 25.6 Å². The minimum Gasteiger partial charge on any atom is -0.358 e. The molecule has 0 radical (unpaired) electrons. The summed E-state index contributed by atoms with van der Waals surface area (Å²) in [4.78, 5) is 24.3. The highest BCUT2D eigenvalue weighted by Crippen LogP contribution is 2.20. The molecular weight excluding hydrogens is 299 g/mol. The van der Waals surface area contributed by atoms with Gasteiger partial charge in [-0.05, 0) is 18.4 Å². The molecule has 0 saturated carbocycles. The van der Waals surface area contributed by atoms with Gasteiger partial charge in [0.1, 0.15) is 6.23 Å². The highest BCUT2D eigenvalue weighted by Gasteiger charge is 2.21. The predicted octanol–water partition coefficient (Wildman–Crippen LogP) is 2.17. The Balaban J connectivity index is 1.90. The van der Waals surface area contributed by atoms with Crippen LogP contribution in [0, 0.1) is 5.82 Å². The molecule has 0 N–H and O–H groups in total. The van der Waals surface area contributed by atoms with Gasteiger partial charge < -0.3 is 4.74 Å². The first-order chi connectivity index (χ1) is 11.2. The van der Waals surface area contributed by atoms with E-state index < -0.39 is 23.3 Å². The van der Waals surface area contributed by atoms with E-state index in [4.69, 9.17) is 4.74 Å². The molecule has 0 bridgehead atoms. The first kappa shape index (κ1) is 15.4. The lowest BCUT2D eigenvalue weighted by atomic mass is 10.2. The molecule has 120 valence electrons. The van der Waals surface area contributed by atoms with Gasteiger partial charge in [0.25, 0.3) is 5.56 Å². The van der Waals surface area contributed by atoms with Crippen LogP contribution in [-0.2, 0) is 11.3 Å². The van der Waals surface area contributed by atoms with E-state index in [0.717, 1.165) is 22.7 Å². The van der Waals surface area contributed by atoms with Crippen molar-refractivity contribution in [1.29, 1.82) is 0 Å². The molecule has 1 aliphatic rings. The minimum atomic E-state index is -0.951. The van der Waals surface area contributed by atoms with Crippen LogP contribution in [0.3, 0.4) is 0 Å². The van der Waals surface area contributed by atoms with Crippen molar-refractivity contribution in [2.75, 3.05) is 6.61 Å². The first-order valence-corrected chi connectivity index (χ1v) is 7.51. The van der Waals surface area contributed by atoms with Crippen LogP contribution in [0.15, 0.2) is 52.2 Å². The van der Waals surface area contributed by atoms with Crippen molar-refractivity contribution in [3.05, 3.63) is 74.8 Å². The van der Waals surface area contributed by atoms with Crippen LogP contribution in [0.5, 0.6) is 0 Å². The summed E-state index contributed by atoms with van der Waals surface area (Å²) in [5.74, 6) is -0.951. The van der Waals surface area contributed by atoms with Gasteiger partial charge in [-0.25, -0.2) is 4.79 Å². The minimum absolute atomic E-state index is 0.0110. The molecule has 0 amide bonds. The second-order valence-corrected chi connectivity index (χ2v) is 5.36. The lowest BCUT2D eigenvalue weighted by Crippen LogP contribution is -2.42. The largest absolute Gasteiger partial charge is 0.358 e. The Morgan fingerprint density at radius 1 is 1.26 bits per heavy atom. The summed E-state index contributed by atoms with van der Waals surface area (Å²) in [6, 6.07) is 9.47. The molecule has 23 heavy (non-hydrogen) atoms. The second kappa shape index (κ2) is 6.75. The van der Waals surface area contributed by atoms with E-state index >= 15 is 0 Å². The van der Waals surface area contributed by atoms with Crippen molar-refractivity contribution in [1.82, 2.24) is 9.13 Å². The van der Waals surface area contributed by atoms with Crippen LogP contribution in [-0.4, -0.2) is 15.7 Å². The maximum atomic E-state index is 13.9. The number of ether oxygens (including phenoxy) is 1. The number of nitrogens with zero attached hydrogens (tertiary/aromatic N) is 2. The second-order valence-electron chi connectivity index (χ2n) is 5.36. The third-order valence-electron chi connectivity index (χ3n) is 3.77. The number of allylic oxidation sites excluding steroid dienone is 1. The lowest BCUT2D eigenvalue weighted by molar-refractivity contribution is 0.0504. The molecule has 1 saturated heterocycles. The van der Waals surface area contributed by atoms with Gasteiger partial charge in [-0.2, -0.15) is 4.39 Å². The average molecular weight is 316 g/mol. The molecule has 0 unspecified atom stereocenters. The molecule has 2 aromatic rings. The summed E-state index contributed by atoms with van der Waals surface area (Å²) < 4.78 is 21.3. The summed E-state index contributed by atoms with van der Waals surface area (Å²) in [6.07, 6.45) is 5.34. The molecule has 0 aliphatic carbocycles. The molecule has 1 aromatic carbocycles. The summed E-state index contributed by atoms with van der Waals surface area (Å²) in [7, 11) is 0. The van der Waals surface area contributed by atoms with Crippen LogP contribution in [0.4, 0.5) is 4.39 Å². The Morgan fingerprint density at radius 2 is 2.04 bits per heavy atom. The van der Waals surface area contributed by atoms with Gasteiger partial charge in [-0.15, -0.1) is 0 Å². The molecule has 6 heteroatoms. The molecule has 1 atom stereocenters. The van der Waals surface area contributed by atoms with Crippen LogP contribution < -0.4 is 11.2 Å². The number of aromatic nitrogens is 2. The van der Waals surface area contributed by atoms with E-state index in [1.165, 1.54) is 4.57 Å². The van der Waals surface area contributed by atoms with Crippen LogP contribution in [0.25, 0.3) is 6.08 Å². The van der Waals surface area contributed by atoms with Gasteiger partial charge >= 0.3 is 5.69 Å². The van der Waals surface area contributed by atoms with Crippen molar-refractivity contribution >= 4 is 6.08 Å². The van der Waals surface area contributed by atoms with Gasteiger partial charge in [0.15, 0.2) is 0 Å². The quantitative estimate of drug-likeness (QED) is 0.869. The molecular formula is C17H17FN2O3. The van der Waals surface area contributed by atoms with Crippen LogP contribution >= 0.6 is 0 Å². The fraction of sp³-hybridized carbons (Fsp3) is 0.294. The maximum Gasteiger partial charge on any atom is 0.333 e. The van der Waals surface area contributed by atoms with Crippen molar-refractivity contribution < 1.29 is 9.13 Å². The number of hydrogen-bond acceptors (Lipinski definition) is 3. The smallest absolute Gasteiger partial charge is 0.333 e. The Labute approximate surface area is 132 Å². The molecule has 1 aromatic heterocycles. The summed E-state index contributed by atoms with van der Waals surface area (Å²) >= 11 is 0. The summed E-state index contributed by atoms with van der Waals surface area (Å²) in [5.41, 5.74) is -0.528. The van der Waals surface area contributed by atoms with Crippen molar-refractivity contribution in [3.8, 4) is 0 Å². The molecule has 2 heterocycles. The molecule has 1 fully saturated rings. The first-order valence-electron chi connectivity index (χ1n) is 7.51. The highest BCUT2D eigenvalue weighted by molar-refractivity contribution is 5.48. The Bertz CT molecular complexity index is 818. The number of halogens is 1. The third-order valence-corrected chi connectivity index (χ3v) is 3.77. The fourth-order valence-corrected chi connectivity index (χ4v) is 2.59. The normalized spacial score (nSPS) is 17.9. The fourth-order valence-electron chi connectivity index (χ4n) is 2.59. The Morgan fingerprint density at radius 3 is 2.74 bits per heavy atom. The monoisotopic (exact) mass is 316 g/mol. The summed E-state index contributed by atoms with van der Waals surface area (Å²) in [5, 5.41) is 0. The Hall–Kier alpha value is -2.47. The van der Waals surface area contributed by atoms with Crippen LogP contribution in [0.2, 0.25) is 0 Å². The van der Waals surface area contributed by atoms with E-state index in [-0.39, 0.29) is 6.54 Å². The third kappa shape index (κ3) is 3.32. The number of benzene rings is 1. The molecule has 0 spiro atoms. The van der Waals surface area contributed by atoms with E-state index in [2.05, 4.69) is 0 Å². The van der Waals surface area contributed by atoms with Gasteiger partial charge in [0.05, 0.1) is 6.20 Å². The van der Waals surface area contributed by atoms with E-state index in [9.17, 15) is 14.0 Å². The van der Waals surface area contributed by atoms with E-state index in [1.54, 1.807) is 12.2 Å². The highest BCUT2D eigenvalue weighted by atomic mass is 19.1. The van der Waals surface area contributed by atoms with Gasteiger partial charge in [-0.3, -0.25) is 13.9 Å². The zero-order chi connectivity index (χ0) is 16.2. The van der Waals surface area contributed by atoms with Crippen molar-refractivity contribution in [2.24, 2.45) is 0 Å². The molecule has 1 aliphatic heterocycles. The lowest BCUT2D eigenvalue weighted by Gasteiger charge is -2.14. The van der Waals surface area contributed by atoms with Gasteiger partial charge in [0.2, 0.25) is 5.82 Å². The molecule has 5 nitrogen and oxygen atoms in total. The predicted molar refractivity (Wildman–Crippen MR) is 84.6 cm³/mol. The Kier molecular flexibility index (Phi) is 4.52. The van der Waals surface area contributed by atoms with Gasteiger partial charge in [-0.1, -0.05) is 42.5 Å². The zero-order valence-corrected chi connectivity index (χ0v) is 12.5. The SMILES string of the molecule is O=c1c(F)cn([C@H]2CCCO2)c(=O)n1C/C=C/c1ccccc1. The number of hydrogen-bond donors (Lipinski definition) is 0. The van der Waals surface area contributed by atoms with Crippen molar-refractivity contribution in [3.63, 3.8) is 0 Å². The molecule has 3 rings (SSSR count). The van der Waals surface area contributed by atoms with E-state index in [0.29, 0.717) is 13.0 Å². The standard InChI is InChI=1S/C17H17FN2O3/c18-14-12-20(15-9-5-11-23-15)17(22)19(16(14)21)10-4-8-13-6-2-1-3-7-13/h1-4,6-8,12,15H,5,9-11H2/b8-4+/t15-/m1/s1. The zero-order valence-electron chi connectivity index (χ0n) is 12.5. The summed E-state index contributed by atoms with van der Waals surface area (Å²) in [6.45, 7) is 0.544. The maximum absolute atomic E-state index is 13.9. The van der Waals surface area contributed by atoms with E-state index in [1.807, 2.05) is 30.3 Å². The van der Waals surface area contributed by atoms with Crippen LogP contribution in [0.1, 0.15) is 24.6 Å².